The van der Waals surface area contributed by atoms with Crippen LogP contribution in [0.25, 0.3) is 0 Å². The lowest BCUT2D eigenvalue weighted by Gasteiger charge is -2.12. The fourth-order valence-electron chi connectivity index (χ4n) is 1.08. The Morgan fingerprint density at radius 3 is 2.83 bits per heavy atom. The van der Waals surface area contributed by atoms with Gasteiger partial charge in [0.2, 0.25) is 0 Å². The minimum Gasteiger partial charge on any atom is -0.375 e. The van der Waals surface area contributed by atoms with E-state index in [9.17, 15) is 4.39 Å². The predicted molar refractivity (Wildman–Crippen MR) is 45.2 cm³/mol. The van der Waals surface area contributed by atoms with Crippen molar-refractivity contribution in [1.29, 1.82) is 0 Å². The molecule has 0 unspecified atom stereocenters. The third-order valence-electron chi connectivity index (χ3n) is 1.72. The predicted octanol–water partition coefficient (Wildman–Crippen LogP) is 1.47. The van der Waals surface area contributed by atoms with Crippen LogP contribution >= 0.6 is 0 Å². The molecular formula is C9H12FNO. The zero-order valence-electron chi connectivity index (χ0n) is 6.96. The molecule has 1 aromatic carbocycles. The van der Waals surface area contributed by atoms with Crippen molar-refractivity contribution < 1.29 is 9.13 Å². The zero-order valence-corrected chi connectivity index (χ0v) is 6.96. The number of rotatable bonds is 3. The maximum Gasteiger partial charge on any atom is 0.123 e. The Morgan fingerprint density at radius 2 is 2.33 bits per heavy atom. The number of nitrogens with two attached hydrogens (primary N) is 1. The molecule has 0 bridgehead atoms. The Bertz CT molecular complexity index is 248. The molecule has 66 valence electrons. The van der Waals surface area contributed by atoms with E-state index in [0.29, 0.717) is 6.54 Å². The molecular weight excluding hydrogens is 157 g/mol. The molecule has 0 fully saturated rings. The first-order chi connectivity index (χ1) is 5.77. The van der Waals surface area contributed by atoms with Gasteiger partial charge in [-0.2, -0.15) is 0 Å². The van der Waals surface area contributed by atoms with Crippen LogP contribution in [0.3, 0.4) is 0 Å². The summed E-state index contributed by atoms with van der Waals surface area (Å²) in [5, 5.41) is 0. The lowest BCUT2D eigenvalue weighted by molar-refractivity contribution is 0.110. The van der Waals surface area contributed by atoms with Gasteiger partial charge in [-0.25, -0.2) is 4.39 Å². The van der Waals surface area contributed by atoms with Crippen LogP contribution in [0.2, 0.25) is 0 Å². The van der Waals surface area contributed by atoms with Crippen LogP contribution in [0.5, 0.6) is 0 Å². The summed E-state index contributed by atoms with van der Waals surface area (Å²) in [6.45, 7) is 0.361. The number of methoxy groups -OCH3 is 1. The number of halogens is 1. The van der Waals surface area contributed by atoms with Gasteiger partial charge in [-0.05, 0) is 17.7 Å². The zero-order chi connectivity index (χ0) is 8.97. The Labute approximate surface area is 71.1 Å². The summed E-state index contributed by atoms with van der Waals surface area (Å²) in [4.78, 5) is 0. The van der Waals surface area contributed by atoms with Gasteiger partial charge in [0.1, 0.15) is 5.82 Å². The van der Waals surface area contributed by atoms with E-state index in [0.717, 1.165) is 5.56 Å². The summed E-state index contributed by atoms with van der Waals surface area (Å²) < 4.78 is 17.8. The lowest BCUT2D eigenvalue weighted by Crippen LogP contribution is -2.14. The van der Waals surface area contributed by atoms with E-state index in [1.54, 1.807) is 19.2 Å². The van der Waals surface area contributed by atoms with Crippen LogP contribution in [0, 0.1) is 5.82 Å². The lowest BCUT2D eigenvalue weighted by atomic mass is 10.1. The number of ether oxygens (including phenoxy) is 1. The highest BCUT2D eigenvalue weighted by Crippen LogP contribution is 2.15. The van der Waals surface area contributed by atoms with Crippen LogP contribution in [-0.2, 0) is 4.74 Å². The van der Waals surface area contributed by atoms with E-state index in [1.165, 1.54) is 12.1 Å². The molecule has 2 N–H and O–H groups in total. The van der Waals surface area contributed by atoms with Crippen molar-refractivity contribution in [3.05, 3.63) is 35.6 Å². The SMILES string of the molecule is CO[C@H](CN)c1cccc(F)c1. The van der Waals surface area contributed by atoms with Gasteiger partial charge in [0, 0.05) is 13.7 Å². The van der Waals surface area contributed by atoms with Gasteiger partial charge in [0.05, 0.1) is 6.10 Å². The second-order valence-electron chi connectivity index (χ2n) is 2.52. The highest BCUT2D eigenvalue weighted by molar-refractivity contribution is 5.19. The molecule has 3 heteroatoms. The first-order valence-corrected chi connectivity index (χ1v) is 3.76. The normalized spacial score (nSPS) is 12.9. The van der Waals surface area contributed by atoms with Crippen molar-refractivity contribution in [3.8, 4) is 0 Å². The van der Waals surface area contributed by atoms with Crippen LogP contribution in [-0.4, -0.2) is 13.7 Å². The van der Waals surface area contributed by atoms with E-state index >= 15 is 0 Å². The Kier molecular flexibility index (Phi) is 3.19. The molecule has 2 nitrogen and oxygen atoms in total. The molecule has 0 spiro atoms. The second-order valence-corrected chi connectivity index (χ2v) is 2.52. The molecule has 1 rings (SSSR count). The minimum absolute atomic E-state index is 0.208. The highest BCUT2D eigenvalue weighted by Gasteiger charge is 2.07. The molecule has 1 atom stereocenters. The summed E-state index contributed by atoms with van der Waals surface area (Å²) >= 11 is 0. The summed E-state index contributed by atoms with van der Waals surface area (Å²) in [6.07, 6.45) is -0.208. The molecule has 0 aliphatic heterocycles. The maximum absolute atomic E-state index is 12.7. The average molecular weight is 169 g/mol. The first-order valence-electron chi connectivity index (χ1n) is 3.76. The van der Waals surface area contributed by atoms with E-state index in [2.05, 4.69) is 0 Å². The van der Waals surface area contributed by atoms with Crippen molar-refractivity contribution in [1.82, 2.24) is 0 Å². The van der Waals surface area contributed by atoms with Crippen LogP contribution < -0.4 is 5.73 Å². The standard InChI is InChI=1S/C9H12FNO/c1-12-9(6-11)7-3-2-4-8(10)5-7/h2-5,9H,6,11H2,1H3/t9-/m1/s1. The van der Waals surface area contributed by atoms with Crippen molar-refractivity contribution in [2.24, 2.45) is 5.73 Å². The third-order valence-corrected chi connectivity index (χ3v) is 1.72. The third kappa shape index (κ3) is 2.03. The van der Waals surface area contributed by atoms with E-state index in [4.69, 9.17) is 10.5 Å². The fourth-order valence-corrected chi connectivity index (χ4v) is 1.08. The molecule has 1 aromatic rings. The first kappa shape index (κ1) is 9.16. The Balaban J connectivity index is 2.85. The molecule has 0 amide bonds. The van der Waals surface area contributed by atoms with Crippen molar-refractivity contribution in [2.75, 3.05) is 13.7 Å². The van der Waals surface area contributed by atoms with Crippen molar-refractivity contribution in [2.45, 2.75) is 6.10 Å². The van der Waals surface area contributed by atoms with Crippen molar-refractivity contribution in [3.63, 3.8) is 0 Å². The monoisotopic (exact) mass is 169 g/mol. The van der Waals surface area contributed by atoms with E-state index in [-0.39, 0.29) is 11.9 Å². The summed E-state index contributed by atoms with van der Waals surface area (Å²) in [6, 6.07) is 6.27. The second kappa shape index (κ2) is 4.18. The molecule has 0 heterocycles. The van der Waals surface area contributed by atoms with Crippen molar-refractivity contribution >= 4 is 0 Å². The topological polar surface area (TPSA) is 35.2 Å². The highest BCUT2D eigenvalue weighted by atomic mass is 19.1. The van der Waals surface area contributed by atoms with Crippen LogP contribution in [0.1, 0.15) is 11.7 Å². The number of hydrogen-bond donors (Lipinski definition) is 1. The quantitative estimate of drug-likeness (QED) is 0.743. The Hall–Kier alpha value is -0.930. The Morgan fingerprint density at radius 1 is 1.58 bits per heavy atom. The molecule has 0 saturated carbocycles. The minimum atomic E-state index is -0.261. The van der Waals surface area contributed by atoms with Gasteiger partial charge in [-0.1, -0.05) is 12.1 Å². The molecule has 0 aromatic heterocycles. The largest absolute Gasteiger partial charge is 0.375 e. The van der Waals surface area contributed by atoms with E-state index < -0.39 is 0 Å². The van der Waals surface area contributed by atoms with Crippen LogP contribution in [0.4, 0.5) is 4.39 Å². The summed E-state index contributed by atoms with van der Waals surface area (Å²) in [5.74, 6) is -0.261. The summed E-state index contributed by atoms with van der Waals surface area (Å²) in [5.41, 5.74) is 6.20. The van der Waals surface area contributed by atoms with Gasteiger partial charge >= 0.3 is 0 Å². The van der Waals surface area contributed by atoms with Gasteiger partial charge in [-0.15, -0.1) is 0 Å². The number of hydrogen-bond acceptors (Lipinski definition) is 2. The van der Waals surface area contributed by atoms with Gasteiger partial charge in [0.25, 0.3) is 0 Å². The molecule has 0 aliphatic rings. The number of benzene rings is 1. The van der Waals surface area contributed by atoms with Gasteiger partial charge in [-0.3, -0.25) is 0 Å². The smallest absolute Gasteiger partial charge is 0.123 e. The molecule has 12 heavy (non-hydrogen) atoms. The average Bonchev–Trinajstić information content (AvgIpc) is 2.07. The molecule has 0 radical (unpaired) electrons. The maximum atomic E-state index is 12.7. The molecule has 0 aliphatic carbocycles. The molecule has 0 saturated heterocycles. The summed E-state index contributed by atoms with van der Waals surface area (Å²) in [7, 11) is 1.56. The van der Waals surface area contributed by atoms with Crippen LogP contribution in [0.15, 0.2) is 24.3 Å². The van der Waals surface area contributed by atoms with E-state index in [1.807, 2.05) is 0 Å². The van der Waals surface area contributed by atoms with Gasteiger partial charge in [0.15, 0.2) is 0 Å². The fraction of sp³-hybridized carbons (Fsp3) is 0.333. The van der Waals surface area contributed by atoms with Gasteiger partial charge < -0.3 is 10.5 Å².